The van der Waals surface area contributed by atoms with Gasteiger partial charge in [-0.15, -0.1) is 0 Å². The van der Waals surface area contributed by atoms with Crippen LogP contribution in [0, 0.1) is 24.4 Å². The zero-order valence-corrected chi connectivity index (χ0v) is 17.7. The Morgan fingerprint density at radius 3 is 2.24 bits per heavy atom. The maximum atomic E-state index is 14.3. The van der Waals surface area contributed by atoms with Gasteiger partial charge in [-0.1, -0.05) is 12.1 Å². The van der Waals surface area contributed by atoms with E-state index in [0.717, 1.165) is 0 Å². The maximum absolute atomic E-state index is 14.3. The SMILES string of the molecule is Cc1nn(-c2ccc(F)cc2)c(Oc2ccccc2F)c1CCC(=O)Nc1ccc(F)cc1. The summed E-state index contributed by atoms with van der Waals surface area (Å²) in [6, 6.07) is 17.0. The lowest BCUT2D eigenvalue weighted by Crippen LogP contribution is -2.12. The molecule has 0 saturated heterocycles. The number of carbonyl (C=O) groups is 1. The number of hydrogen-bond donors (Lipinski definition) is 1. The van der Waals surface area contributed by atoms with Gasteiger partial charge >= 0.3 is 0 Å². The number of carbonyl (C=O) groups excluding carboxylic acids is 1. The molecule has 1 heterocycles. The molecular weight excluding hydrogens is 431 g/mol. The van der Waals surface area contributed by atoms with Crippen LogP contribution in [0.1, 0.15) is 17.7 Å². The van der Waals surface area contributed by atoms with Crippen LogP contribution >= 0.6 is 0 Å². The summed E-state index contributed by atoms with van der Waals surface area (Å²) in [6.45, 7) is 1.75. The van der Waals surface area contributed by atoms with Gasteiger partial charge in [-0.2, -0.15) is 5.10 Å². The summed E-state index contributed by atoms with van der Waals surface area (Å²) in [5, 5.41) is 7.19. The minimum atomic E-state index is -0.554. The lowest BCUT2D eigenvalue weighted by molar-refractivity contribution is -0.116. The molecule has 1 N–H and O–H groups in total. The number of amides is 1. The number of aryl methyl sites for hydroxylation is 1. The Bertz CT molecular complexity index is 1270. The van der Waals surface area contributed by atoms with Crippen molar-refractivity contribution in [2.45, 2.75) is 19.8 Å². The highest BCUT2D eigenvalue weighted by Crippen LogP contribution is 2.32. The molecule has 0 atom stereocenters. The molecule has 0 fully saturated rings. The number of nitrogens with one attached hydrogen (secondary N) is 1. The van der Waals surface area contributed by atoms with Crippen molar-refractivity contribution >= 4 is 11.6 Å². The molecule has 8 heteroatoms. The van der Waals surface area contributed by atoms with E-state index >= 15 is 0 Å². The first-order valence-corrected chi connectivity index (χ1v) is 10.2. The van der Waals surface area contributed by atoms with E-state index < -0.39 is 17.5 Å². The highest BCUT2D eigenvalue weighted by molar-refractivity contribution is 5.90. The quantitative estimate of drug-likeness (QED) is 0.377. The predicted octanol–water partition coefficient (Wildman–Crippen LogP) is 5.96. The monoisotopic (exact) mass is 451 g/mol. The zero-order valence-electron chi connectivity index (χ0n) is 17.7. The molecule has 0 unspecified atom stereocenters. The molecule has 1 aromatic heterocycles. The van der Waals surface area contributed by atoms with Crippen molar-refractivity contribution in [2.75, 3.05) is 5.32 Å². The van der Waals surface area contributed by atoms with Crippen molar-refractivity contribution in [1.82, 2.24) is 9.78 Å². The number of nitrogens with zero attached hydrogens (tertiary/aromatic N) is 2. The van der Waals surface area contributed by atoms with Crippen molar-refractivity contribution in [3.8, 4) is 17.3 Å². The number of aromatic nitrogens is 2. The number of rotatable bonds is 7. The van der Waals surface area contributed by atoms with Crippen LogP contribution in [0.2, 0.25) is 0 Å². The van der Waals surface area contributed by atoms with Gasteiger partial charge in [0.1, 0.15) is 11.6 Å². The average Bonchev–Trinajstić information content (AvgIpc) is 3.11. The second kappa shape index (κ2) is 9.60. The molecule has 3 aromatic carbocycles. The van der Waals surface area contributed by atoms with Crippen LogP contribution in [0.15, 0.2) is 72.8 Å². The zero-order chi connectivity index (χ0) is 23.4. The van der Waals surface area contributed by atoms with Crippen LogP contribution in [0.3, 0.4) is 0 Å². The fraction of sp³-hybridized carbons (Fsp3) is 0.120. The molecule has 4 rings (SSSR count). The van der Waals surface area contributed by atoms with Gasteiger partial charge in [-0.25, -0.2) is 17.9 Å². The Morgan fingerprint density at radius 1 is 0.939 bits per heavy atom. The molecule has 0 aliphatic carbocycles. The molecule has 1 amide bonds. The van der Waals surface area contributed by atoms with E-state index in [0.29, 0.717) is 22.6 Å². The fourth-order valence-corrected chi connectivity index (χ4v) is 3.32. The van der Waals surface area contributed by atoms with Gasteiger partial charge in [0.15, 0.2) is 11.6 Å². The molecule has 0 radical (unpaired) electrons. The van der Waals surface area contributed by atoms with Crippen LogP contribution in [-0.4, -0.2) is 15.7 Å². The minimum Gasteiger partial charge on any atom is -0.436 e. The first kappa shape index (κ1) is 22.1. The van der Waals surface area contributed by atoms with Gasteiger partial charge in [0.2, 0.25) is 11.8 Å². The van der Waals surface area contributed by atoms with Crippen LogP contribution in [0.5, 0.6) is 11.6 Å². The Kier molecular flexibility index (Phi) is 6.44. The molecule has 0 aliphatic heterocycles. The van der Waals surface area contributed by atoms with Gasteiger partial charge in [0.05, 0.1) is 11.4 Å². The topological polar surface area (TPSA) is 56.2 Å². The van der Waals surface area contributed by atoms with Crippen LogP contribution in [0.25, 0.3) is 5.69 Å². The largest absolute Gasteiger partial charge is 0.436 e. The molecule has 4 aromatic rings. The van der Waals surface area contributed by atoms with Crippen molar-refractivity contribution in [3.05, 3.63) is 102 Å². The highest BCUT2D eigenvalue weighted by Gasteiger charge is 2.21. The van der Waals surface area contributed by atoms with E-state index in [9.17, 15) is 18.0 Å². The van der Waals surface area contributed by atoms with E-state index in [1.54, 1.807) is 19.1 Å². The number of para-hydroxylation sites is 1. The van der Waals surface area contributed by atoms with Gasteiger partial charge in [-0.05, 0) is 74.0 Å². The van der Waals surface area contributed by atoms with Gasteiger partial charge < -0.3 is 10.1 Å². The van der Waals surface area contributed by atoms with Crippen LogP contribution in [-0.2, 0) is 11.2 Å². The molecule has 0 bridgehead atoms. The first-order chi connectivity index (χ1) is 15.9. The summed E-state index contributed by atoms with van der Waals surface area (Å²) in [7, 11) is 0. The smallest absolute Gasteiger partial charge is 0.226 e. The molecular formula is C25H20F3N3O2. The van der Waals surface area contributed by atoms with E-state index in [1.165, 1.54) is 65.3 Å². The maximum Gasteiger partial charge on any atom is 0.226 e. The lowest BCUT2D eigenvalue weighted by atomic mass is 10.1. The van der Waals surface area contributed by atoms with Gasteiger partial charge in [0.25, 0.3) is 0 Å². The second-order valence-corrected chi connectivity index (χ2v) is 7.34. The minimum absolute atomic E-state index is 0.00206. The Hall–Kier alpha value is -4.07. The fourth-order valence-electron chi connectivity index (χ4n) is 3.32. The first-order valence-electron chi connectivity index (χ1n) is 10.2. The normalized spacial score (nSPS) is 10.8. The summed E-state index contributed by atoms with van der Waals surface area (Å²) in [6.07, 6.45) is 0.338. The van der Waals surface area contributed by atoms with E-state index in [-0.39, 0.29) is 30.4 Å². The van der Waals surface area contributed by atoms with Crippen molar-refractivity contribution in [1.29, 1.82) is 0 Å². The average molecular weight is 451 g/mol. The van der Waals surface area contributed by atoms with Crippen molar-refractivity contribution in [3.63, 3.8) is 0 Å². The van der Waals surface area contributed by atoms with Crippen LogP contribution in [0.4, 0.5) is 18.9 Å². The number of hydrogen-bond acceptors (Lipinski definition) is 3. The number of anilines is 1. The molecule has 168 valence electrons. The predicted molar refractivity (Wildman–Crippen MR) is 118 cm³/mol. The van der Waals surface area contributed by atoms with Crippen molar-refractivity contribution in [2.24, 2.45) is 0 Å². The van der Waals surface area contributed by atoms with Crippen molar-refractivity contribution < 1.29 is 22.7 Å². The summed E-state index contributed by atoms with van der Waals surface area (Å²) in [5.74, 6) is -1.41. The Morgan fingerprint density at radius 2 is 1.58 bits per heavy atom. The van der Waals surface area contributed by atoms with E-state index in [1.807, 2.05) is 0 Å². The van der Waals surface area contributed by atoms with E-state index in [4.69, 9.17) is 4.74 Å². The third-order valence-electron chi connectivity index (χ3n) is 4.98. The molecule has 33 heavy (non-hydrogen) atoms. The summed E-state index contributed by atoms with van der Waals surface area (Å²) < 4.78 is 48.1. The standard InChI is InChI=1S/C25H20F3N3O2/c1-16-21(14-15-24(32)29-19-10-6-17(26)7-11-19)25(33-23-5-3-2-4-22(23)28)31(30-16)20-12-8-18(27)9-13-20/h2-13H,14-15H2,1H3,(H,29,32). The summed E-state index contributed by atoms with van der Waals surface area (Å²) in [4.78, 5) is 12.4. The number of halogens is 3. The third-order valence-corrected chi connectivity index (χ3v) is 4.98. The molecule has 0 aliphatic rings. The van der Waals surface area contributed by atoms with Gasteiger partial charge in [0, 0.05) is 17.7 Å². The molecule has 0 spiro atoms. The summed E-state index contributed by atoms with van der Waals surface area (Å²) in [5.41, 5.74) is 2.19. The van der Waals surface area contributed by atoms with Gasteiger partial charge in [-0.3, -0.25) is 4.79 Å². The molecule has 0 saturated carbocycles. The third kappa shape index (κ3) is 5.23. The number of benzene rings is 3. The number of ether oxygens (including phenoxy) is 1. The second-order valence-electron chi connectivity index (χ2n) is 7.34. The highest BCUT2D eigenvalue weighted by atomic mass is 19.1. The molecule has 5 nitrogen and oxygen atoms in total. The lowest BCUT2D eigenvalue weighted by Gasteiger charge is -2.12. The van der Waals surface area contributed by atoms with E-state index in [2.05, 4.69) is 10.4 Å². The Labute approximate surface area is 188 Å². The Balaban J connectivity index is 1.62. The summed E-state index contributed by atoms with van der Waals surface area (Å²) >= 11 is 0. The van der Waals surface area contributed by atoms with Crippen LogP contribution < -0.4 is 10.1 Å².